The molecule has 1 fully saturated rings. The second kappa shape index (κ2) is 11.0. The van der Waals surface area contributed by atoms with Gasteiger partial charge in [-0.2, -0.15) is 0 Å². The number of aromatic amines is 1. The van der Waals surface area contributed by atoms with Gasteiger partial charge in [-0.15, -0.1) is 0 Å². The van der Waals surface area contributed by atoms with Gasteiger partial charge in [-0.25, -0.2) is 14.4 Å². The summed E-state index contributed by atoms with van der Waals surface area (Å²) in [6.07, 6.45) is -1.76. The van der Waals surface area contributed by atoms with Gasteiger partial charge in [0.15, 0.2) is 0 Å². The number of ether oxygens (including phenoxy) is 2. The average molecular weight is 539 g/mol. The first-order valence-corrected chi connectivity index (χ1v) is 11.9. The minimum absolute atomic E-state index is 0.00921. The summed E-state index contributed by atoms with van der Waals surface area (Å²) in [4.78, 5) is 37.4. The maximum atomic E-state index is 13.1. The number of alkyl halides is 3. The number of rotatable bonds is 9. The van der Waals surface area contributed by atoms with Crippen LogP contribution in [0, 0.1) is 6.92 Å². The van der Waals surface area contributed by atoms with E-state index < -0.39 is 66.4 Å². The van der Waals surface area contributed by atoms with Gasteiger partial charge < -0.3 is 14.6 Å². The Balaban J connectivity index is 2.11. The van der Waals surface area contributed by atoms with Crippen LogP contribution >= 0.6 is 42.5 Å². The number of carbonyl (C=O) groups is 1. The maximum Gasteiger partial charge on any atom is 0.406 e. The first-order chi connectivity index (χ1) is 14.7. The van der Waals surface area contributed by atoms with Crippen LogP contribution < -0.4 is 16.3 Å². The van der Waals surface area contributed by atoms with Crippen molar-refractivity contribution < 1.29 is 33.0 Å². The third-order valence-electron chi connectivity index (χ3n) is 4.37. The van der Waals surface area contributed by atoms with Crippen molar-refractivity contribution >= 4 is 48.5 Å². The van der Waals surface area contributed by atoms with E-state index in [0.29, 0.717) is 0 Å². The number of nitrogens with zero attached hydrogens (tertiary/aromatic N) is 1. The van der Waals surface area contributed by atoms with E-state index in [-0.39, 0.29) is 12.0 Å². The molecule has 1 aliphatic rings. The third-order valence-corrected chi connectivity index (χ3v) is 6.36. The lowest BCUT2D eigenvalue weighted by Crippen LogP contribution is -2.36. The molecule has 2 rings (SSSR count). The number of halogens is 3. The molecule has 1 saturated heterocycles. The van der Waals surface area contributed by atoms with E-state index in [0.717, 1.165) is 11.7 Å². The van der Waals surface area contributed by atoms with E-state index in [1.807, 2.05) is 0 Å². The molecule has 3 N–H and O–H groups in total. The zero-order valence-corrected chi connectivity index (χ0v) is 20.4. The number of nitrogens with one attached hydrogen (secondary N) is 2. The Hall–Kier alpha value is -0.950. The molecule has 182 valence electrons. The predicted molar refractivity (Wildman–Crippen MR) is 115 cm³/mol. The molecule has 1 aromatic rings. The van der Waals surface area contributed by atoms with Crippen LogP contribution in [0.3, 0.4) is 0 Å². The zero-order valence-electron chi connectivity index (χ0n) is 17.2. The molecular formula is C16H23Cl3N3O9P. The second-order valence-corrected chi connectivity index (χ2v) is 11.3. The van der Waals surface area contributed by atoms with Crippen LogP contribution in [0.5, 0.6) is 0 Å². The van der Waals surface area contributed by atoms with Crippen LogP contribution in [0.25, 0.3) is 0 Å². The van der Waals surface area contributed by atoms with Gasteiger partial charge in [0.1, 0.15) is 25.0 Å². The molecule has 0 aliphatic carbocycles. The normalized spacial score (nSPS) is 24.2. The van der Waals surface area contributed by atoms with Gasteiger partial charge in [0, 0.05) is 18.2 Å². The summed E-state index contributed by atoms with van der Waals surface area (Å²) >= 11 is 16.9. The lowest BCUT2D eigenvalue weighted by Gasteiger charge is -2.25. The van der Waals surface area contributed by atoms with E-state index in [9.17, 15) is 24.1 Å². The van der Waals surface area contributed by atoms with Crippen LogP contribution in [0.15, 0.2) is 15.8 Å². The van der Waals surface area contributed by atoms with Crippen LogP contribution in [-0.2, 0) is 27.9 Å². The van der Waals surface area contributed by atoms with Crippen molar-refractivity contribution in [2.75, 3.05) is 20.3 Å². The molecule has 2 heterocycles. The molecule has 0 aromatic carbocycles. The van der Waals surface area contributed by atoms with Gasteiger partial charge in [0.05, 0.1) is 19.8 Å². The minimum atomic E-state index is -4.24. The monoisotopic (exact) mass is 537 g/mol. The van der Waals surface area contributed by atoms with E-state index in [2.05, 4.69) is 14.8 Å². The standard InChI is InChI=1S/C16H23Cl3N3O9P/c1-8-5-22(15(26)20-13(8)24)12-4-10(23)11(31-12)6-29-32(27,30-7-16(17,18)19)21-9(2)14(25)28-3/h5,9-12,23H,4,6-7H2,1-3H3,(H,21,27)(H,20,24,26)/t9?,10-,11+,12+,32?/m0/s1. The average Bonchev–Trinajstić information content (AvgIpc) is 3.07. The number of esters is 1. The molecule has 1 aromatic heterocycles. The summed E-state index contributed by atoms with van der Waals surface area (Å²) in [5.41, 5.74) is -0.986. The van der Waals surface area contributed by atoms with Gasteiger partial charge in [-0.1, -0.05) is 34.8 Å². The lowest BCUT2D eigenvalue weighted by molar-refractivity contribution is -0.142. The quantitative estimate of drug-likeness (QED) is 0.237. The molecule has 16 heteroatoms. The Morgan fingerprint density at radius 2 is 2.09 bits per heavy atom. The number of methoxy groups -OCH3 is 1. The molecule has 32 heavy (non-hydrogen) atoms. The van der Waals surface area contributed by atoms with Crippen LogP contribution in [0.2, 0.25) is 0 Å². The highest BCUT2D eigenvalue weighted by Crippen LogP contribution is 2.47. The zero-order chi connectivity index (χ0) is 24.3. The van der Waals surface area contributed by atoms with Gasteiger partial charge >= 0.3 is 19.4 Å². The fourth-order valence-electron chi connectivity index (χ4n) is 2.74. The highest BCUT2D eigenvalue weighted by Gasteiger charge is 2.40. The smallest absolute Gasteiger partial charge is 0.406 e. The summed E-state index contributed by atoms with van der Waals surface area (Å²) < 4.78 is 32.9. The number of H-pyrrole nitrogens is 1. The fourth-order valence-corrected chi connectivity index (χ4v) is 4.65. The molecule has 0 bridgehead atoms. The Morgan fingerprint density at radius 3 is 2.69 bits per heavy atom. The molecular weight excluding hydrogens is 516 g/mol. The summed E-state index contributed by atoms with van der Waals surface area (Å²) in [6, 6.07) is -1.11. The number of aliphatic hydroxyl groups is 1. The van der Waals surface area contributed by atoms with Crippen molar-refractivity contribution in [1.82, 2.24) is 14.6 Å². The topological polar surface area (TPSA) is 158 Å². The molecule has 2 unspecified atom stereocenters. The fraction of sp³-hybridized carbons (Fsp3) is 0.688. The van der Waals surface area contributed by atoms with Gasteiger partial charge in [0.25, 0.3) is 5.56 Å². The number of aliphatic hydroxyl groups excluding tert-OH is 1. The Bertz CT molecular complexity index is 980. The van der Waals surface area contributed by atoms with Crippen molar-refractivity contribution in [3.63, 3.8) is 0 Å². The lowest BCUT2D eigenvalue weighted by atomic mass is 10.2. The van der Waals surface area contributed by atoms with E-state index >= 15 is 0 Å². The number of aromatic nitrogens is 2. The Labute approximate surface area is 197 Å². The highest BCUT2D eigenvalue weighted by molar-refractivity contribution is 7.51. The van der Waals surface area contributed by atoms with Gasteiger partial charge in [-0.3, -0.25) is 28.2 Å². The maximum absolute atomic E-state index is 13.1. The van der Waals surface area contributed by atoms with Gasteiger partial charge in [-0.05, 0) is 13.8 Å². The molecule has 0 spiro atoms. The first-order valence-electron chi connectivity index (χ1n) is 9.21. The molecule has 0 saturated carbocycles. The predicted octanol–water partition coefficient (Wildman–Crippen LogP) is 1.16. The number of aryl methyl sites for hydroxylation is 1. The summed E-state index contributed by atoms with van der Waals surface area (Å²) in [5, 5.41) is 12.7. The molecule has 0 radical (unpaired) electrons. The summed E-state index contributed by atoms with van der Waals surface area (Å²) in [6.45, 7) is 1.75. The highest BCUT2D eigenvalue weighted by atomic mass is 35.6. The van der Waals surface area contributed by atoms with E-state index in [1.54, 1.807) is 0 Å². The Kier molecular flexibility index (Phi) is 9.37. The molecule has 12 nitrogen and oxygen atoms in total. The van der Waals surface area contributed by atoms with Crippen LogP contribution in [-0.4, -0.2) is 63.0 Å². The number of carbonyl (C=O) groups excluding carboxylic acids is 1. The van der Waals surface area contributed by atoms with Crippen LogP contribution in [0.4, 0.5) is 0 Å². The van der Waals surface area contributed by atoms with Crippen molar-refractivity contribution in [3.8, 4) is 0 Å². The number of hydrogen-bond donors (Lipinski definition) is 3. The van der Waals surface area contributed by atoms with E-state index in [4.69, 9.17) is 48.6 Å². The van der Waals surface area contributed by atoms with Gasteiger partial charge in [0.2, 0.25) is 3.79 Å². The first kappa shape index (κ1) is 27.3. The summed E-state index contributed by atoms with van der Waals surface area (Å²) in [5.74, 6) is -0.753. The van der Waals surface area contributed by atoms with Crippen molar-refractivity contribution in [3.05, 3.63) is 32.6 Å². The van der Waals surface area contributed by atoms with Crippen molar-refractivity contribution in [1.29, 1.82) is 0 Å². The Morgan fingerprint density at radius 1 is 1.44 bits per heavy atom. The number of hydrogen-bond acceptors (Lipinski definition) is 9. The van der Waals surface area contributed by atoms with Crippen molar-refractivity contribution in [2.45, 2.75) is 48.5 Å². The molecule has 1 aliphatic heterocycles. The molecule has 0 amide bonds. The van der Waals surface area contributed by atoms with Crippen molar-refractivity contribution in [2.24, 2.45) is 0 Å². The van der Waals surface area contributed by atoms with E-state index in [1.165, 1.54) is 20.0 Å². The third kappa shape index (κ3) is 7.54. The summed E-state index contributed by atoms with van der Waals surface area (Å²) in [7, 11) is -3.11. The largest absolute Gasteiger partial charge is 0.468 e. The SMILES string of the molecule is COC(=O)C(C)NP(=O)(OC[C@H]1O[C@@H](n2cc(C)c(=O)[nH]c2=O)C[C@@H]1O)OCC(Cl)(Cl)Cl. The molecule has 5 atom stereocenters. The second-order valence-electron chi connectivity index (χ2n) is 6.97. The van der Waals surface area contributed by atoms with Crippen LogP contribution in [0.1, 0.15) is 25.1 Å². The minimum Gasteiger partial charge on any atom is -0.468 e.